The highest BCUT2D eigenvalue weighted by molar-refractivity contribution is 6.26. The van der Waals surface area contributed by atoms with Gasteiger partial charge >= 0.3 is 12.1 Å². The molecule has 0 aromatic heterocycles. The van der Waals surface area contributed by atoms with E-state index in [4.69, 9.17) is 10.5 Å². The summed E-state index contributed by atoms with van der Waals surface area (Å²) in [5, 5.41) is 16.8. The van der Waals surface area contributed by atoms with Crippen LogP contribution in [0, 0.1) is 5.92 Å². The molecule has 22 nitrogen and oxygen atoms in total. The molecule has 0 aliphatic carbocycles. The Morgan fingerprint density at radius 3 is 1.68 bits per heavy atom. The number of primary amides is 1. The molecule has 3 aliphatic rings. The van der Waals surface area contributed by atoms with E-state index in [2.05, 4.69) is 26.6 Å². The number of anilines is 1. The highest BCUT2D eigenvalue weighted by Crippen LogP contribution is 2.31. The first kappa shape index (κ1) is 58.8. The Balaban J connectivity index is 0.854. The monoisotopic (exact) mass is 1120 g/mol. The Kier molecular flexibility index (Phi) is 19.5. The third-order valence-corrected chi connectivity index (χ3v) is 14.5. The molecule has 3 heterocycles. The molecule has 82 heavy (non-hydrogen) atoms. The van der Waals surface area contributed by atoms with Crippen LogP contribution in [0.1, 0.15) is 106 Å². The summed E-state index contributed by atoms with van der Waals surface area (Å²) in [6, 6.07) is 24.8. The van der Waals surface area contributed by atoms with E-state index in [1.54, 1.807) is 86.6 Å². The standard InChI is InChI=1S/C60H66N10O12/c1-37(2)52(66-47(71)21-4-3-5-32-68-48(72)26-27-49(68)73)54(75)65-46(20-10-29-63-59(61)80)53(74)64-41-24-22-38(23-25-41)36-82-60(81)67(34-35-70-57(78)44-18-8-14-40-15-9-19-45(51(40)44)58(70)79)31-11-28-62-30-33-69-55(76)42-16-6-12-39-13-7-17-43(50(39)42)56(69)77/h6-9,12-19,22-27,37,46,52,62H,3-5,10-11,20-21,28-36H2,1-2H3,(H,64,74)(H,65,75)(H,66,71)(H3,61,63,80)/t46-,52?/m0/s1. The molecule has 7 N–H and O–H groups in total. The molecular formula is C60H66N10O12. The van der Waals surface area contributed by atoms with E-state index < -0.39 is 47.8 Å². The molecule has 0 fully saturated rings. The molecule has 1 unspecified atom stereocenters. The van der Waals surface area contributed by atoms with E-state index in [9.17, 15) is 52.7 Å². The van der Waals surface area contributed by atoms with Gasteiger partial charge in [-0.05, 0) is 97.3 Å². The number of benzene rings is 5. The topological polar surface area (TPSA) is 296 Å². The number of rotatable bonds is 28. The van der Waals surface area contributed by atoms with E-state index >= 15 is 0 Å². The number of hydrogen-bond donors (Lipinski definition) is 6. The van der Waals surface area contributed by atoms with Gasteiger partial charge in [0.2, 0.25) is 17.7 Å². The summed E-state index contributed by atoms with van der Waals surface area (Å²) in [6.07, 6.45) is 4.05. The molecule has 0 saturated carbocycles. The fourth-order valence-electron chi connectivity index (χ4n) is 10.2. The number of unbranched alkanes of at least 4 members (excludes halogenated alkanes) is 2. The maximum Gasteiger partial charge on any atom is 0.410 e. The quantitative estimate of drug-likeness (QED) is 0.0284. The zero-order valence-corrected chi connectivity index (χ0v) is 45.7. The van der Waals surface area contributed by atoms with Crippen molar-refractivity contribution in [2.24, 2.45) is 11.7 Å². The minimum absolute atomic E-state index is 0.0607. The summed E-state index contributed by atoms with van der Waals surface area (Å²) >= 11 is 0. The molecule has 22 heteroatoms. The predicted octanol–water partition coefficient (Wildman–Crippen LogP) is 5.00. The van der Waals surface area contributed by atoms with E-state index in [1.165, 1.54) is 22.0 Å². The van der Waals surface area contributed by atoms with Crippen molar-refractivity contribution in [2.75, 3.05) is 57.7 Å². The Morgan fingerprint density at radius 1 is 0.573 bits per heavy atom. The lowest BCUT2D eigenvalue weighted by Crippen LogP contribution is -2.54. The molecule has 0 radical (unpaired) electrons. The van der Waals surface area contributed by atoms with Crippen molar-refractivity contribution in [1.29, 1.82) is 0 Å². The van der Waals surface area contributed by atoms with Gasteiger partial charge in [0.05, 0.1) is 0 Å². The van der Waals surface area contributed by atoms with Crippen LogP contribution < -0.4 is 32.3 Å². The van der Waals surface area contributed by atoms with Crippen LogP contribution in [0.5, 0.6) is 0 Å². The average molecular weight is 1120 g/mol. The first-order valence-electron chi connectivity index (χ1n) is 27.5. The Morgan fingerprint density at radius 2 is 1.13 bits per heavy atom. The van der Waals surface area contributed by atoms with Gasteiger partial charge in [-0.25, -0.2) is 9.59 Å². The molecular weight excluding hydrogens is 1050 g/mol. The smallest absolute Gasteiger partial charge is 0.410 e. The van der Waals surface area contributed by atoms with Gasteiger partial charge in [0, 0.05) is 103 Å². The van der Waals surface area contributed by atoms with Crippen LogP contribution in [0.2, 0.25) is 0 Å². The van der Waals surface area contributed by atoms with Gasteiger partial charge in [-0.15, -0.1) is 0 Å². The van der Waals surface area contributed by atoms with Gasteiger partial charge in [0.25, 0.3) is 35.4 Å². The van der Waals surface area contributed by atoms with Crippen LogP contribution in [-0.2, 0) is 35.3 Å². The number of carbonyl (C=O) groups excluding carboxylic acids is 11. The maximum absolute atomic E-state index is 13.9. The lowest BCUT2D eigenvalue weighted by Gasteiger charge is -2.30. The number of carbonyl (C=O) groups is 11. The Hall–Kier alpha value is -9.31. The number of nitrogens with one attached hydrogen (secondary N) is 5. The summed E-state index contributed by atoms with van der Waals surface area (Å²) < 4.78 is 5.79. The van der Waals surface area contributed by atoms with E-state index in [1.807, 2.05) is 24.3 Å². The van der Waals surface area contributed by atoms with Crippen LogP contribution >= 0.6 is 0 Å². The molecule has 8 rings (SSSR count). The summed E-state index contributed by atoms with van der Waals surface area (Å²) in [6.45, 7) is 4.37. The first-order chi connectivity index (χ1) is 39.5. The van der Waals surface area contributed by atoms with Crippen molar-refractivity contribution >= 4 is 92.5 Å². The minimum Gasteiger partial charge on any atom is -0.445 e. The zero-order chi connectivity index (χ0) is 58.5. The summed E-state index contributed by atoms with van der Waals surface area (Å²) in [4.78, 5) is 149. The highest BCUT2D eigenvalue weighted by atomic mass is 16.6. The lowest BCUT2D eigenvalue weighted by molar-refractivity contribution is -0.137. The SMILES string of the molecule is CC(C)C(NC(=O)CCCCCN1C(=O)C=CC1=O)C(=O)N[C@@H](CCCNC(N)=O)C(=O)Nc1ccc(COC(=O)N(CCCNCCN2C(=O)c3cccc4cccc(c34)C2=O)CCN2C(=O)c3cccc4cccc(c34)C2=O)cc1. The molecule has 12 amide bonds. The second-order valence-electron chi connectivity index (χ2n) is 20.5. The normalized spacial score (nSPS) is 14.4. The minimum atomic E-state index is -1.11. The molecule has 5 aromatic carbocycles. The molecule has 428 valence electrons. The predicted molar refractivity (Wildman–Crippen MR) is 303 cm³/mol. The fraction of sp³-hybridized carbons (Fsp3) is 0.350. The summed E-state index contributed by atoms with van der Waals surface area (Å²) in [5.41, 5.74) is 7.80. The van der Waals surface area contributed by atoms with Crippen molar-refractivity contribution in [2.45, 2.75) is 77.5 Å². The number of ether oxygens (including phenoxy) is 1. The molecule has 0 saturated heterocycles. The second kappa shape index (κ2) is 27.2. The van der Waals surface area contributed by atoms with Gasteiger partial charge in [-0.1, -0.05) is 80.9 Å². The molecule has 2 atom stereocenters. The number of imide groups is 3. The lowest BCUT2D eigenvalue weighted by atomic mass is 9.94. The van der Waals surface area contributed by atoms with E-state index in [0.29, 0.717) is 76.5 Å². The third-order valence-electron chi connectivity index (χ3n) is 14.5. The van der Waals surface area contributed by atoms with Crippen LogP contribution in [0.25, 0.3) is 21.5 Å². The van der Waals surface area contributed by atoms with Crippen LogP contribution in [0.4, 0.5) is 15.3 Å². The highest BCUT2D eigenvalue weighted by Gasteiger charge is 2.35. The van der Waals surface area contributed by atoms with Gasteiger partial charge in [-0.3, -0.25) is 57.9 Å². The van der Waals surface area contributed by atoms with Crippen molar-refractivity contribution < 1.29 is 57.5 Å². The second-order valence-corrected chi connectivity index (χ2v) is 20.5. The van der Waals surface area contributed by atoms with Crippen LogP contribution in [0.15, 0.2) is 109 Å². The fourth-order valence-corrected chi connectivity index (χ4v) is 10.2. The maximum atomic E-state index is 13.9. The molecule has 0 bridgehead atoms. The number of urea groups is 1. The summed E-state index contributed by atoms with van der Waals surface area (Å²) in [7, 11) is 0. The van der Waals surface area contributed by atoms with E-state index in [0.717, 1.165) is 20.6 Å². The average Bonchev–Trinajstić information content (AvgIpc) is 2.44. The van der Waals surface area contributed by atoms with Crippen molar-refractivity contribution in [3.63, 3.8) is 0 Å². The molecule has 0 spiro atoms. The van der Waals surface area contributed by atoms with Crippen LogP contribution in [-0.4, -0.2) is 149 Å². The van der Waals surface area contributed by atoms with Gasteiger partial charge in [0.1, 0.15) is 18.7 Å². The largest absolute Gasteiger partial charge is 0.445 e. The number of amides is 12. The number of nitrogens with two attached hydrogens (primary N) is 1. The van der Waals surface area contributed by atoms with Crippen molar-refractivity contribution in [3.8, 4) is 0 Å². The number of hydrogen-bond acceptors (Lipinski definition) is 13. The molecule has 3 aliphatic heterocycles. The third kappa shape index (κ3) is 14.2. The van der Waals surface area contributed by atoms with Crippen LogP contribution in [0.3, 0.4) is 0 Å². The zero-order valence-electron chi connectivity index (χ0n) is 45.7. The van der Waals surface area contributed by atoms with Crippen molar-refractivity contribution in [1.82, 2.24) is 40.9 Å². The first-order valence-corrected chi connectivity index (χ1v) is 27.5. The van der Waals surface area contributed by atoms with Crippen molar-refractivity contribution in [3.05, 3.63) is 137 Å². The van der Waals surface area contributed by atoms with Gasteiger partial charge in [0.15, 0.2) is 0 Å². The Bertz CT molecular complexity index is 3220. The van der Waals surface area contributed by atoms with Gasteiger partial charge < -0.3 is 42.0 Å². The Labute approximate surface area is 473 Å². The van der Waals surface area contributed by atoms with Gasteiger partial charge in [-0.2, -0.15) is 0 Å². The number of nitrogens with zero attached hydrogens (tertiary/aromatic N) is 4. The summed E-state index contributed by atoms with van der Waals surface area (Å²) in [5.74, 6) is -4.41. The van der Waals surface area contributed by atoms with E-state index in [-0.39, 0.29) is 107 Å². The molecule has 5 aromatic rings.